The van der Waals surface area contributed by atoms with Gasteiger partial charge in [0.15, 0.2) is 0 Å². The van der Waals surface area contributed by atoms with Gasteiger partial charge in [-0.2, -0.15) is 4.31 Å². The van der Waals surface area contributed by atoms with Crippen LogP contribution >= 0.6 is 11.6 Å². The van der Waals surface area contributed by atoms with Crippen LogP contribution in [0.4, 0.5) is 0 Å². The molecule has 192 valence electrons. The first-order valence-corrected chi connectivity index (χ1v) is 13.3. The van der Waals surface area contributed by atoms with Gasteiger partial charge in [0, 0.05) is 43.9 Å². The number of ether oxygens (including phenoxy) is 2. The highest BCUT2D eigenvalue weighted by atomic mass is 35.5. The first-order chi connectivity index (χ1) is 17.3. The number of hydrogen-bond donors (Lipinski definition) is 1. The SMILES string of the molecule is COCCCN1C(=O)C(=O)C(=C(O)c2ccc(S(=O)(=O)N3CCOCC3)cc2)[C@@H]1c1cccc(Cl)c1. The van der Waals surface area contributed by atoms with Gasteiger partial charge in [-0.3, -0.25) is 9.59 Å². The van der Waals surface area contributed by atoms with E-state index in [1.807, 2.05) is 0 Å². The van der Waals surface area contributed by atoms with E-state index in [2.05, 4.69) is 0 Å². The number of benzene rings is 2. The van der Waals surface area contributed by atoms with Crippen molar-refractivity contribution in [2.24, 2.45) is 0 Å². The van der Waals surface area contributed by atoms with Crippen molar-refractivity contribution >= 4 is 39.1 Å². The molecule has 0 aromatic heterocycles. The number of methoxy groups -OCH3 is 1. The number of halogens is 1. The molecule has 0 spiro atoms. The number of ketones is 1. The standard InChI is InChI=1S/C25H27ClN2O7S/c1-34-13-3-10-28-22(18-4-2-5-19(26)16-18)21(24(30)25(28)31)23(29)17-6-8-20(9-7-17)36(32,33)27-11-14-35-15-12-27/h2,4-9,16,22,29H,3,10-15H2,1H3/t22-/m0/s1. The number of amides is 1. The number of likely N-dealkylation sites (tertiary alicyclic amines) is 1. The highest BCUT2D eigenvalue weighted by molar-refractivity contribution is 7.89. The third-order valence-corrected chi connectivity index (χ3v) is 8.34. The maximum Gasteiger partial charge on any atom is 0.295 e. The molecule has 2 aliphatic heterocycles. The Morgan fingerprint density at radius 1 is 1.14 bits per heavy atom. The minimum absolute atomic E-state index is 0.0624. The Hall–Kier alpha value is -2.76. The van der Waals surface area contributed by atoms with Gasteiger partial charge in [-0.05, 0) is 48.4 Å². The molecule has 9 nitrogen and oxygen atoms in total. The molecule has 2 fully saturated rings. The van der Waals surface area contributed by atoms with Crippen LogP contribution in [0.1, 0.15) is 23.6 Å². The summed E-state index contributed by atoms with van der Waals surface area (Å²) in [6.45, 7) is 1.80. The summed E-state index contributed by atoms with van der Waals surface area (Å²) in [4.78, 5) is 27.5. The van der Waals surface area contributed by atoms with Crippen LogP contribution in [-0.4, -0.2) is 81.0 Å². The van der Waals surface area contributed by atoms with Gasteiger partial charge in [0.05, 0.1) is 29.7 Å². The second-order valence-electron chi connectivity index (χ2n) is 8.43. The molecular formula is C25H27ClN2O7S. The molecule has 2 heterocycles. The lowest BCUT2D eigenvalue weighted by atomic mass is 9.95. The molecule has 36 heavy (non-hydrogen) atoms. The Kier molecular flexibility index (Phi) is 8.11. The Morgan fingerprint density at radius 2 is 1.83 bits per heavy atom. The summed E-state index contributed by atoms with van der Waals surface area (Å²) < 4.78 is 37.5. The molecule has 4 rings (SSSR count). The molecule has 2 aromatic rings. The van der Waals surface area contributed by atoms with Crippen LogP contribution in [-0.2, 0) is 29.1 Å². The molecule has 11 heteroatoms. The highest BCUT2D eigenvalue weighted by Crippen LogP contribution is 2.40. The van der Waals surface area contributed by atoms with Crippen LogP contribution in [0.25, 0.3) is 5.76 Å². The summed E-state index contributed by atoms with van der Waals surface area (Å²) in [5, 5.41) is 11.6. The molecule has 1 atom stereocenters. The third kappa shape index (κ3) is 5.18. The number of aliphatic hydroxyl groups excluding tert-OH is 1. The number of rotatable bonds is 8. The van der Waals surface area contributed by atoms with Gasteiger partial charge in [-0.15, -0.1) is 0 Å². The lowest BCUT2D eigenvalue weighted by Crippen LogP contribution is -2.40. The smallest absolute Gasteiger partial charge is 0.295 e. The van der Waals surface area contributed by atoms with Gasteiger partial charge >= 0.3 is 0 Å². The van der Waals surface area contributed by atoms with E-state index in [0.717, 1.165) is 0 Å². The van der Waals surface area contributed by atoms with Gasteiger partial charge in [-0.1, -0.05) is 23.7 Å². The normalized spacial score (nSPS) is 20.7. The second-order valence-corrected chi connectivity index (χ2v) is 10.8. The van der Waals surface area contributed by atoms with Crippen LogP contribution in [0.2, 0.25) is 5.02 Å². The topological polar surface area (TPSA) is 113 Å². The predicted octanol–water partition coefficient (Wildman–Crippen LogP) is 2.82. The van der Waals surface area contributed by atoms with Crippen molar-refractivity contribution in [2.45, 2.75) is 17.4 Å². The molecule has 2 saturated heterocycles. The van der Waals surface area contributed by atoms with Crippen molar-refractivity contribution in [1.29, 1.82) is 0 Å². The van der Waals surface area contributed by atoms with Crippen LogP contribution < -0.4 is 0 Å². The van der Waals surface area contributed by atoms with E-state index < -0.39 is 27.8 Å². The minimum atomic E-state index is -3.72. The summed E-state index contributed by atoms with van der Waals surface area (Å²) in [6, 6.07) is 11.5. The minimum Gasteiger partial charge on any atom is -0.507 e. The fraction of sp³-hybridized carbons (Fsp3) is 0.360. The third-order valence-electron chi connectivity index (χ3n) is 6.19. The van der Waals surface area contributed by atoms with Crippen molar-refractivity contribution in [1.82, 2.24) is 9.21 Å². The van der Waals surface area contributed by atoms with E-state index in [-0.39, 0.29) is 41.4 Å². The van der Waals surface area contributed by atoms with Gasteiger partial charge < -0.3 is 19.5 Å². The summed E-state index contributed by atoms with van der Waals surface area (Å²) >= 11 is 6.18. The van der Waals surface area contributed by atoms with E-state index in [4.69, 9.17) is 21.1 Å². The summed E-state index contributed by atoms with van der Waals surface area (Å²) in [5.41, 5.74) is 0.716. The van der Waals surface area contributed by atoms with Crippen molar-refractivity contribution in [3.8, 4) is 0 Å². The molecule has 0 bridgehead atoms. The van der Waals surface area contributed by atoms with Crippen LogP contribution in [0, 0.1) is 0 Å². The lowest BCUT2D eigenvalue weighted by molar-refractivity contribution is -0.140. The molecule has 0 saturated carbocycles. The Bertz CT molecular complexity index is 1270. The number of morpholine rings is 1. The quantitative estimate of drug-likeness (QED) is 0.240. The Morgan fingerprint density at radius 3 is 2.47 bits per heavy atom. The first kappa shape index (κ1) is 26.3. The number of aliphatic hydroxyl groups is 1. The van der Waals surface area contributed by atoms with Crippen molar-refractivity contribution in [3.63, 3.8) is 0 Å². The zero-order valence-corrected chi connectivity index (χ0v) is 21.3. The molecular weight excluding hydrogens is 508 g/mol. The molecule has 1 amide bonds. The average molecular weight is 535 g/mol. The van der Waals surface area contributed by atoms with Crippen molar-refractivity contribution in [2.75, 3.05) is 46.6 Å². The van der Waals surface area contributed by atoms with E-state index in [9.17, 15) is 23.1 Å². The zero-order valence-electron chi connectivity index (χ0n) is 19.7. The number of hydrogen-bond acceptors (Lipinski definition) is 7. The first-order valence-electron chi connectivity index (χ1n) is 11.5. The number of carbonyl (C=O) groups excluding carboxylic acids is 2. The summed E-state index contributed by atoms with van der Waals surface area (Å²) in [7, 11) is -2.18. The van der Waals surface area contributed by atoms with Gasteiger partial charge in [-0.25, -0.2) is 8.42 Å². The average Bonchev–Trinajstić information content (AvgIpc) is 3.14. The Balaban J connectivity index is 1.72. The molecule has 1 N–H and O–H groups in total. The summed E-state index contributed by atoms with van der Waals surface area (Å²) in [6.07, 6.45) is 0.495. The van der Waals surface area contributed by atoms with E-state index in [1.165, 1.54) is 33.5 Å². The maximum atomic E-state index is 13.1. The van der Waals surface area contributed by atoms with E-state index >= 15 is 0 Å². The number of nitrogens with zero attached hydrogens (tertiary/aromatic N) is 2. The fourth-order valence-electron chi connectivity index (χ4n) is 4.39. The molecule has 0 unspecified atom stereocenters. The fourth-order valence-corrected chi connectivity index (χ4v) is 6.00. The van der Waals surface area contributed by atoms with Crippen LogP contribution in [0.15, 0.2) is 59.0 Å². The highest BCUT2D eigenvalue weighted by Gasteiger charge is 2.45. The number of sulfonamides is 1. The van der Waals surface area contributed by atoms with Gasteiger partial charge in [0.1, 0.15) is 5.76 Å². The van der Waals surface area contributed by atoms with Gasteiger partial charge in [0.25, 0.3) is 11.7 Å². The molecule has 0 radical (unpaired) electrons. The Labute approximate surface area is 214 Å². The van der Waals surface area contributed by atoms with Crippen LogP contribution in [0.3, 0.4) is 0 Å². The molecule has 2 aliphatic rings. The predicted molar refractivity (Wildman–Crippen MR) is 133 cm³/mol. The van der Waals surface area contributed by atoms with E-state index in [0.29, 0.717) is 36.8 Å². The lowest BCUT2D eigenvalue weighted by Gasteiger charge is -2.26. The summed E-state index contributed by atoms with van der Waals surface area (Å²) in [5.74, 6) is -1.94. The molecule has 0 aliphatic carbocycles. The molecule has 2 aromatic carbocycles. The maximum absolute atomic E-state index is 13.1. The largest absolute Gasteiger partial charge is 0.507 e. The zero-order chi connectivity index (χ0) is 25.9. The second kappa shape index (κ2) is 11.1. The number of Topliss-reactive ketones (excluding diaryl/α,β-unsaturated/α-hetero) is 1. The van der Waals surface area contributed by atoms with Crippen LogP contribution in [0.5, 0.6) is 0 Å². The monoisotopic (exact) mass is 534 g/mol. The van der Waals surface area contributed by atoms with Gasteiger partial charge in [0.2, 0.25) is 10.0 Å². The van der Waals surface area contributed by atoms with Crippen molar-refractivity contribution in [3.05, 3.63) is 70.3 Å². The number of carbonyl (C=O) groups is 2. The van der Waals surface area contributed by atoms with E-state index in [1.54, 1.807) is 31.4 Å². The van der Waals surface area contributed by atoms with Crippen molar-refractivity contribution < 1.29 is 32.6 Å².